The van der Waals surface area contributed by atoms with Crippen molar-refractivity contribution in [2.45, 2.75) is 0 Å². The maximum Gasteiger partial charge on any atom is 0.339 e. The summed E-state index contributed by atoms with van der Waals surface area (Å²) >= 11 is 0. The summed E-state index contributed by atoms with van der Waals surface area (Å²) in [5, 5.41) is 9.75. The second kappa shape index (κ2) is 2.99. The first-order valence-corrected chi connectivity index (χ1v) is 3.93. The van der Waals surface area contributed by atoms with Crippen LogP contribution >= 0.6 is 0 Å². The van der Waals surface area contributed by atoms with E-state index < -0.39 is 5.63 Å². The first-order valence-electron chi connectivity index (χ1n) is 3.93. The fraction of sp³-hybridized carbons (Fsp3) is 0. The van der Waals surface area contributed by atoms with E-state index in [0.29, 0.717) is 11.7 Å². The van der Waals surface area contributed by atoms with E-state index in [-0.39, 0.29) is 16.9 Å². The molecular formula is C10H6O4. The molecule has 0 atom stereocenters. The highest BCUT2D eigenvalue weighted by Crippen LogP contribution is 2.23. The highest BCUT2D eigenvalue weighted by Gasteiger charge is 2.07. The molecule has 0 radical (unpaired) electrons. The van der Waals surface area contributed by atoms with Gasteiger partial charge in [-0.2, -0.15) is 0 Å². The topological polar surface area (TPSA) is 67.5 Å². The van der Waals surface area contributed by atoms with Crippen LogP contribution in [0.2, 0.25) is 0 Å². The summed E-state index contributed by atoms with van der Waals surface area (Å²) in [5.41, 5.74) is -0.313. The van der Waals surface area contributed by atoms with E-state index in [2.05, 4.69) is 0 Å². The monoisotopic (exact) mass is 190 g/mol. The summed E-state index contributed by atoms with van der Waals surface area (Å²) in [6.45, 7) is 0. The second-order valence-electron chi connectivity index (χ2n) is 2.79. The van der Waals surface area contributed by atoms with Crippen molar-refractivity contribution in [2.24, 2.45) is 0 Å². The summed E-state index contributed by atoms with van der Waals surface area (Å²) in [4.78, 5) is 21.5. The van der Waals surface area contributed by atoms with E-state index in [9.17, 15) is 14.7 Å². The Kier molecular flexibility index (Phi) is 1.81. The van der Waals surface area contributed by atoms with Gasteiger partial charge in [-0.1, -0.05) is 6.07 Å². The van der Waals surface area contributed by atoms with E-state index >= 15 is 0 Å². The fourth-order valence-electron chi connectivity index (χ4n) is 1.28. The van der Waals surface area contributed by atoms with Gasteiger partial charge in [-0.05, 0) is 12.1 Å². The SMILES string of the molecule is O=Cc1cccc2c(O)cc(=O)oc12. The van der Waals surface area contributed by atoms with Crippen molar-refractivity contribution in [1.82, 2.24) is 0 Å². The van der Waals surface area contributed by atoms with Crippen LogP contribution in [0.3, 0.4) is 0 Å². The Bertz CT molecular complexity index is 554. The summed E-state index contributed by atoms with van der Waals surface area (Å²) in [7, 11) is 0. The summed E-state index contributed by atoms with van der Waals surface area (Å²) in [5.74, 6) is -0.181. The molecule has 1 aromatic heterocycles. The summed E-state index contributed by atoms with van der Waals surface area (Å²) < 4.78 is 4.82. The Hall–Kier alpha value is -2.10. The lowest BCUT2D eigenvalue weighted by molar-refractivity contribution is 0.112. The normalized spacial score (nSPS) is 10.3. The number of rotatable bonds is 1. The van der Waals surface area contributed by atoms with Crippen molar-refractivity contribution in [3.05, 3.63) is 40.2 Å². The maximum atomic E-state index is 10.9. The Morgan fingerprint density at radius 3 is 2.86 bits per heavy atom. The molecule has 1 heterocycles. The average Bonchev–Trinajstić information content (AvgIpc) is 2.17. The standard InChI is InChI=1S/C10H6O4/c11-5-6-2-1-3-7-8(12)4-9(13)14-10(6)7/h1-5,12H. The van der Waals surface area contributed by atoms with Crippen LogP contribution in [0.5, 0.6) is 5.75 Å². The molecule has 2 rings (SSSR count). The molecule has 0 amide bonds. The van der Waals surface area contributed by atoms with Gasteiger partial charge in [0.1, 0.15) is 5.75 Å². The molecule has 1 N–H and O–H groups in total. The minimum atomic E-state index is -0.677. The number of carbonyl (C=O) groups excluding carboxylic acids is 1. The molecule has 0 bridgehead atoms. The summed E-state index contributed by atoms with van der Waals surface area (Å²) in [6.07, 6.45) is 0.574. The number of benzene rings is 1. The molecule has 4 nitrogen and oxygen atoms in total. The highest BCUT2D eigenvalue weighted by molar-refractivity contribution is 5.96. The molecule has 2 aromatic rings. The molecule has 1 aromatic carbocycles. The van der Waals surface area contributed by atoms with E-state index in [1.165, 1.54) is 6.07 Å². The zero-order chi connectivity index (χ0) is 10.1. The summed E-state index contributed by atoms with van der Waals surface area (Å²) in [6, 6.07) is 5.65. The first-order chi connectivity index (χ1) is 6.72. The molecule has 0 saturated heterocycles. The van der Waals surface area contributed by atoms with E-state index in [4.69, 9.17) is 4.42 Å². The van der Waals surface area contributed by atoms with Crippen LogP contribution in [0.4, 0.5) is 0 Å². The lowest BCUT2D eigenvalue weighted by atomic mass is 10.1. The zero-order valence-corrected chi connectivity index (χ0v) is 7.06. The third kappa shape index (κ3) is 1.17. The Morgan fingerprint density at radius 1 is 1.36 bits per heavy atom. The zero-order valence-electron chi connectivity index (χ0n) is 7.06. The van der Waals surface area contributed by atoms with Crippen molar-refractivity contribution in [1.29, 1.82) is 0 Å². The van der Waals surface area contributed by atoms with Gasteiger partial charge in [-0.3, -0.25) is 4.79 Å². The van der Waals surface area contributed by atoms with Crippen LogP contribution in [0, 0.1) is 0 Å². The molecule has 14 heavy (non-hydrogen) atoms. The largest absolute Gasteiger partial charge is 0.507 e. The van der Waals surface area contributed by atoms with Crippen LogP contribution in [0.1, 0.15) is 10.4 Å². The smallest absolute Gasteiger partial charge is 0.339 e. The Labute approximate surface area is 78.4 Å². The van der Waals surface area contributed by atoms with Gasteiger partial charge in [0.2, 0.25) is 0 Å². The Balaban J connectivity index is 3.00. The first kappa shape index (κ1) is 8.50. The number of aromatic hydroxyl groups is 1. The van der Waals surface area contributed by atoms with Crippen molar-refractivity contribution in [2.75, 3.05) is 0 Å². The van der Waals surface area contributed by atoms with Crippen molar-refractivity contribution >= 4 is 17.3 Å². The van der Waals surface area contributed by atoms with Gasteiger partial charge in [-0.25, -0.2) is 4.79 Å². The maximum absolute atomic E-state index is 10.9. The predicted octanol–water partition coefficient (Wildman–Crippen LogP) is 1.31. The van der Waals surface area contributed by atoms with Crippen molar-refractivity contribution in [3.63, 3.8) is 0 Å². The van der Waals surface area contributed by atoms with E-state index in [1.807, 2.05) is 0 Å². The van der Waals surface area contributed by atoms with Gasteiger partial charge in [0.25, 0.3) is 0 Å². The number of para-hydroxylation sites is 1. The van der Waals surface area contributed by atoms with Crippen molar-refractivity contribution < 1.29 is 14.3 Å². The molecule has 0 aliphatic heterocycles. The third-order valence-electron chi connectivity index (χ3n) is 1.91. The number of carbonyl (C=O) groups is 1. The van der Waals surface area contributed by atoms with E-state index in [1.54, 1.807) is 12.1 Å². The number of fused-ring (bicyclic) bond motifs is 1. The van der Waals surface area contributed by atoms with E-state index in [0.717, 1.165) is 6.07 Å². The van der Waals surface area contributed by atoms with Crippen LogP contribution in [0.25, 0.3) is 11.0 Å². The van der Waals surface area contributed by atoms with Gasteiger partial charge < -0.3 is 9.52 Å². The molecular weight excluding hydrogens is 184 g/mol. The highest BCUT2D eigenvalue weighted by atomic mass is 16.4. The molecule has 0 spiro atoms. The van der Waals surface area contributed by atoms with Crippen LogP contribution in [-0.2, 0) is 0 Å². The number of hydrogen-bond acceptors (Lipinski definition) is 4. The molecule has 0 aliphatic rings. The van der Waals surface area contributed by atoms with Crippen LogP contribution in [0.15, 0.2) is 33.5 Å². The van der Waals surface area contributed by atoms with Crippen LogP contribution < -0.4 is 5.63 Å². The third-order valence-corrected chi connectivity index (χ3v) is 1.91. The molecule has 0 aliphatic carbocycles. The number of hydrogen-bond donors (Lipinski definition) is 1. The average molecular weight is 190 g/mol. The van der Waals surface area contributed by atoms with Gasteiger partial charge in [0.15, 0.2) is 11.9 Å². The minimum Gasteiger partial charge on any atom is -0.507 e. The van der Waals surface area contributed by atoms with Crippen molar-refractivity contribution in [3.8, 4) is 5.75 Å². The predicted molar refractivity (Wildman–Crippen MR) is 49.5 cm³/mol. The molecule has 4 heteroatoms. The second-order valence-corrected chi connectivity index (χ2v) is 2.79. The van der Waals surface area contributed by atoms with Gasteiger partial charge in [0, 0.05) is 0 Å². The fourth-order valence-corrected chi connectivity index (χ4v) is 1.28. The number of aldehydes is 1. The molecule has 0 fully saturated rings. The van der Waals surface area contributed by atoms with Gasteiger partial charge >= 0.3 is 5.63 Å². The Morgan fingerprint density at radius 2 is 2.14 bits per heavy atom. The molecule has 0 unspecified atom stereocenters. The quantitative estimate of drug-likeness (QED) is 0.543. The van der Waals surface area contributed by atoms with Crippen LogP contribution in [-0.4, -0.2) is 11.4 Å². The van der Waals surface area contributed by atoms with Gasteiger partial charge in [-0.15, -0.1) is 0 Å². The lowest BCUT2D eigenvalue weighted by Crippen LogP contribution is -1.97. The molecule has 70 valence electrons. The molecule has 0 saturated carbocycles. The lowest BCUT2D eigenvalue weighted by Gasteiger charge is -1.99. The van der Waals surface area contributed by atoms with Gasteiger partial charge in [0.05, 0.1) is 17.0 Å². The minimum absolute atomic E-state index is 0.118.